The minimum Gasteiger partial charge on any atom is -0.465 e. The van der Waals surface area contributed by atoms with E-state index in [9.17, 15) is 14.7 Å². The number of ether oxygens (including phenoxy) is 2. The minimum atomic E-state index is -1.03. The van der Waals surface area contributed by atoms with E-state index in [2.05, 4.69) is 0 Å². The SMILES string of the molecule is CC(C)(C)OC(=O)N1CCC[C@@H]1C(=O)N1CCC[C@H]1CC(O)Oc1ccc(Cl)cc1. The van der Waals surface area contributed by atoms with E-state index in [4.69, 9.17) is 21.1 Å². The predicted molar refractivity (Wildman–Crippen MR) is 113 cm³/mol. The molecule has 2 aliphatic heterocycles. The van der Waals surface area contributed by atoms with Crippen LogP contribution in [0.15, 0.2) is 24.3 Å². The van der Waals surface area contributed by atoms with Gasteiger partial charge in [-0.05, 0) is 70.7 Å². The first kappa shape index (κ1) is 22.7. The van der Waals surface area contributed by atoms with E-state index >= 15 is 0 Å². The quantitative estimate of drug-likeness (QED) is 0.707. The first-order valence-electron chi connectivity index (χ1n) is 10.5. The van der Waals surface area contributed by atoms with Crippen LogP contribution in [-0.2, 0) is 9.53 Å². The normalized spacial score (nSPS) is 22.8. The van der Waals surface area contributed by atoms with Gasteiger partial charge >= 0.3 is 6.09 Å². The number of hydrogen-bond donors (Lipinski definition) is 1. The number of halogens is 1. The third-order valence-electron chi connectivity index (χ3n) is 5.39. The van der Waals surface area contributed by atoms with Gasteiger partial charge in [-0.3, -0.25) is 9.69 Å². The average molecular weight is 439 g/mol. The van der Waals surface area contributed by atoms with E-state index in [1.54, 1.807) is 34.1 Å². The Hall–Kier alpha value is -1.99. The Kier molecular flexibility index (Phi) is 7.14. The van der Waals surface area contributed by atoms with Crippen molar-refractivity contribution < 1.29 is 24.2 Å². The summed E-state index contributed by atoms with van der Waals surface area (Å²) >= 11 is 5.87. The summed E-state index contributed by atoms with van der Waals surface area (Å²) in [6.45, 7) is 6.59. The van der Waals surface area contributed by atoms with Crippen molar-refractivity contribution in [2.45, 2.75) is 76.9 Å². The highest BCUT2D eigenvalue weighted by Gasteiger charge is 2.41. The number of amides is 2. The molecule has 2 aliphatic rings. The van der Waals surface area contributed by atoms with Crippen LogP contribution in [0, 0.1) is 0 Å². The summed E-state index contributed by atoms with van der Waals surface area (Å²) in [6, 6.07) is 6.15. The average Bonchev–Trinajstić information content (AvgIpc) is 3.31. The molecule has 1 aromatic carbocycles. The van der Waals surface area contributed by atoms with Crippen LogP contribution in [0.25, 0.3) is 0 Å². The smallest absolute Gasteiger partial charge is 0.410 e. The maximum atomic E-state index is 13.3. The molecule has 1 N–H and O–H groups in total. The molecule has 166 valence electrons. The van der Waals surface area contributed by atoms with Gasteiger partial charge in [0.2, 0.25) is 5.91 Å². The molecule has 7 nitrogen and oxygen atoms in total. The summed E-state index contributed by atoms with van der Waals surface area (Å²) < 4.78 is 11.1. The van der Waals surface area contributed by atoms with Gasteiger partial charge in [-0.15, -0.1) is 0 Å². The number of rotatable bonds is 5. The highest BCUT2D eigenvalue weighted by molar-refractivity contribution is 6.30. The van der Waals surface area contributed by atoms with Crippen molar-refractivity contribution in [3.63, 3.8) is 0 Å². The Bertz CT molecular complexity index is 749. The molecule has 2 amide bonds. The molecule has 8 heteroatoms. The lowest BCUT2D eigenvalue weighted by Crippen LogP contribution is -2.50. The van der Waals surface area contributed by atoms with E-state index in [1.807, 2.05) is 20.8 Å². The van der Waals surface area contributed by atoms with Crippen LogP contribution in [0.4, 0.5) is 4.79 Å². The zero-order valence-electron chi connectivity index (χ0n) is 17.8. The van der Waals surface area contributed by atoms with Crippen LogP contribution < -0.4 is 4.74 Å². The van der Waals surface area contributed by atoms with E-state index in [0.29, 0.717) is 36.7 Å². The third-order valence-corrected chi connectivity index (χ3v) is 5.64. The molecule has 2 heterocycles. The third kappa shape index (κ3) is 5.79. The Morgan fingerprint density at radius 3 is 2.43 bits per heavy atom. The standard InChI is InChI=1S/C22H31ClN2O5/c1-22(2,3)30-21(28)25-13-5-7-18(25)20(27)24-12-4-6-16(24)14-19(26)29-17-10-8-15(23)9-11-17/h8-11,16,18-19,26H,4-7,12-14H2,1-3H3/t16-,18+,19?/m0/s1. The lowest BCUT2D eigenvalue weighted by Gasteiger charge is -2.33. The molecule has 0 saturated carbocycles. The Balaban J connectivity index is 1.60. The largest absolute Gasteiger partial charge is 0.465 e. The van der Waals surface area contributed by atoms with E-state index in [-0.39, 0.29) is 11.9 Å². The monoisotopic (exact) mass is 438 g/mol. The molecule has 2 saturated heterocycles. The van der Waals surface area contributed by atoms with Gasteiger partial charge in [-0.2, -0.15) is 0 Å². The minimum absolute atomic E-state index is 0.0699. The number of benzene rings is 1. The van der Waals surface area contributed by atoms with E-state index in [0.717, 1.165) is 19.3 Å². The number of hydrogen-bond acceptors (Lipinski definition) is 5. The Morgan fingerprint density at radius 2 is 1.77 bits per heavy atom. The van der Waals surface area contributed by atoms with Crippen LogP contribution in [0.1, 0.15) is 52.9 Å². The van der Waals surface area contributed by atoms with Gasteiger partial charge in [0.1, 0.15) is 17.4 Å². The fourth-order valence-electron chi connectivity index (χ4n) is 4.08. The molecule has 3 atom stereocenters. The predicted octanol–water partition coefficient (Wildman–Crippen LogP) is 3.82. The van der Waals surface area contributed by atoms with Gasteiger partial charge in [0.25, 0.3) is 0 Å². The van der Waals surface area contributed by atoms with Crippen LogP contribution in [0.2, 0.25) is 5.02 Å². The van der Waals surface area contributed by atoms with Gasteiger partial charge < -0.3 is 19.5 Å². The number of likely N-dealkylation sites (tertiary alicyclic amines) is 2. The fraction of sp³-hybridized carbons (Fsp3) is 0.636. The molecule has 1 unspecified atom stereocenters. The number of aliphatic hydroxyl groups is 1. The molecule has 0 bridgehead atoms. The summed E-state index contributed by atoms with van der Waals surface area (Å²) in [4.78, 5) is 29.1. The summed E-state index contributed by atoms with van der Waals surface area (Å²) in [5.41, 5.74) is -0.605. The highest BCUT2D eigenvalue weighted by Crippen LogP contribution is 2.28. The van der Waals surface area contributed by atoms with Crippen molar-refractivity contribution in [1.29, 1.82) is 0 Å². The summed E-state index contributed by atoms with van der Waals surface area (Å²) in [6.07, 6.45) is 1.90. The Labute approximate surface area is 182 Å². The zero-order valence-corrected chi connectivity index (χ0v) is 18.6. The number of aliphatic hydroxyl groups excluding tert-OH is 1. The molecular formula is C22H31ClN2O5. The molecule has 2 fully saturated rings. The number of carbonyl (C=O) groups is 2. The molecule has 0 radical (unpaired) electrons. The second-order valence-corrected chi connectivity index (χ2v) is 9.36. The van der Waals surface area contributed by atoms with Crippen LogP contribution >= 0.6 is 11.6 Å². The summed E-state index contributed by atoms with van der Waals surface area (Å²) in [7, 11) is 0. The molecule has 0 spiro atoms. The van der Waals surface area contributed by atoms with Crippen molar-refractivity contribution in [2.75, 3.05) is 13.1 Å². The lowest BCUT2D eigenvalue weighted by molar-refractivity contribution is -0.138. The van der Waals surface area contributed by atoms with Gasteiger partial charge in [0, 0.05) is 30.6 Å². The van der Waals surface area contributed by atoms with Gasteiger partial charge in [-0.25, -0.2) is 4.79 Å². The van der Waals surface area contributed by atoms with Crippen LogP contribution in [0.5, 0.6) is 5.75 Å². The van der Waals surface area contributed by atoms with Crippen LogP contribution in [0.3, 0.4) is 0 Å². The van der Waals surface area contributed by atoms with Crippen molar-refractivity contribution in [1.82, 2.24) is 9.80 Å². The Morgan fingerprint density at radius 1 is 1.13 bits per heavy atom. The molecule has 1 aromatic rings. The maximum absolute atomic E-state index is 13.3. The topological polar surface area (TPSA) is 79.3 Å². The summed E-state index contributed by atoms with van der Waals surface area (Å²) in [5, 5.41) is 11.0. The van der Waals surface area contributed by atoms with Crippen molar-refractivity contribution in [3.05, 3.63) is 29.3 Å². The second kappa shape index (κ2) is 9.43. The van der Waals surface area contributed by atoms with E-state index < -0.39 is 24.0 Å². The first-order chi connectivity index (χ1) is 14.1. The second-order valence-electron chi connectivity index (χ2n) is 8.92. The van der Waals surface area contributed by atoms with Crippen LogP contribution in [-0.4, -0.2) is 64.0 Å². The molecular weight excluding hydrogens is 408 g/mol. The first-order valence-corrected chi connectivity index (χ1v) is 10.9. The van der Waals surface area contributed by atoms with Gasteiger partial charge in [0.15, 0.2) is 6.29 Å². The lowest BCUT2D eigenvalue weighted by atomic mass is 10.1. The van der Waals surface area contributed by atoms with Gasteiger partial charge in [-0.1, -0.05) is 11.6 Å². The zero-order chi connectivity index (χ0) is 21.9. The van der Waals surface area contributed by atoms with Crippen molar-refractivity contribution >= 4 is 23.6 Å². The molecule has 3 rings (SSSR count). The molecule has 30 heavy (non-hydrogen) atoms. The maximum Gasteiger partial charge on any atom is 0.410 e. The highest BCUT2D eigenvalue weighted by atomic mass is 35.5. The number of nitrogens with zero attached hydrogens (tertiary/aromatic N) is 2. The number of carbonyl (C=O) groups excluding carboxylic acids is 2. The fourth-order valence-corrected chi connectivity index (χ4v) is 4.20. The summed E-state index contributed by atoms with van der Waals surface area (Å²) in [5.74, 6) is 0.453. The van der Waals surface area contributed by atoms with Crippen molar-refractivity contribution in [3.8, 4) is 5.75 Å². The molecule has 0 aliphatic carbocycles. The van der Waals surface area contributed by atoms with E-state index in [1.165, 1.54) is 0 Å². The van der Waals surface area contributed by atoms with Gasteiger partial charge in [0.05, 0.1) is 0 Å². The molecule has 0 aromatic heterocycles. The van der Waals surface area contributed by atoms with Crippen molar-refractivity contribution in [2.24, 2.45) is 0 Å².